The molecule has 6 rings (SSSR count). The molecular weight excluding hydrogens is 476 g/mol. The number of aliphatic hydroxyl groups is 1. The molecule has 3 aromatic carbocycles. The van der Waals surface area contributed by atoms with Crippen molar-refractivity contribution in [3.05, 3.63) is 88.7 Å². The van der Waals surface area contributed by atoms with E-state index in [0.717, 1.165) is 38.8 Å². The summed E-state index contributed by atoms with van der Waals surface area (Å²) in [7, 11) is 0. The Balaban J connectivity index is 1.14. The van der Waals surface area contributed by atoms with E-state index in [1.165, 1.54) is 0 Å². The number of aromatic nitrogens is 3. The Morgan fingerprint density at radius 3 is 2.67 bits per heavy atom. The van der Waals surface area contributed by atoms with E-state index in [2.05, 4.69) is 10.3 Å². The van der Waals surface area contributed by atoms with Gasteiger partial charge in [0.15, 0.2) is 0 Å². The van der Waals surface area contributed by atoms with Crippen LogP contribution in [0.2, 0.25) is 5.02 Å². The zero-order valence-electron chi connectivity index (χ0n) is 19.8. The third-order valence-electron chi connectivity index (χ3n) is 7.20. The number of likely N-dealkylation sites (tertiary alicyclic amines) is 1. The van der Waals surface area contributed by atoms with Crippen molar-refractivity contribution in [2.24, 2.45) is 0 Å². The van der Waals surface area contributed by atoms with Crippen molar-refractivity contribution in [3.63, 3.8) is 0 Å². The van der Waals surface area contributed by atoms with Gasteiger partial charge in [0, 0.05) is 28.9 Å². The Kier molecular flexibility index (Phi) is 5.54. The number of rotatable bonds is 4. The highest BCUT2D eigenvalue weighted by Gasteiger charge is 2.38. The maximum absolute atomic E-state index is 13.1. The third kappa shape index (κ3) is 3.94. The molecule has 7 nitrogen and oxygen atoms in total. The predicted octanol–water partition coefficient (Wildman–Crippen LogP) is 5.18. The molecule has 2 aromatic heterocycles. The van der Waals surface area contributed by atoms with Crippen molar-refractivity contribution in [1.29, 1.82) is 0 Å². The SMILES string of the molecule is Cc1c(Cl)cccc1-n1cc(C2(O)CCN(C(=O)Cc3ccc4oc5ccccc5c4c3)CC2)nn1. The number of amides is 1. The number of nitrogens with zero attached hydrogens (tertiary/aromatic N) is 4. The van der Waals surface area contributed by atoms with Crippen LogP contribution >= 0.6 is 11.6 Å². The Morgan fingerprint density at radius 2 is 1.83 bits per heavy atom. The molecule has 0 unspecified atom stereocenters. The number of furan rings is 1. The average molecular weight is 501 g/mol. The number of benzene rings is 3. The molecule has 0 aliphatic carbocycles. The second-order valence-electron chi connectivity index (χ2n) is 9.45. The minimum absolute atomic E-state index is 0.0439. The van der Waals surface area contributed by atoms with Gasteiger partial charge in [-0.15, -0.1) is 5.10 Å². The number of piperidine rings is 1. The first-order valence-corrected chi connectivity index (χ1v) is 12.4. The topological polar surface area (TPSA) is 84.4 Å². The summed E-state index contributed by atoms with van der Waals surface area (Å²) in [5.74, 6) is 0.0439. The quantitative estimate of drug-likeness (QED) is 0.367. The lowest BCUT2D eigenvalue weighted by Crippen LogP contribution is -2.45. The summed E-state index contributed by atoms with van der Waals surface area (Å²) in [4.78, 5) is 14.9. The predicted molar refractivity (Wildman–Crippen MR) is 138 cm³/mol. The second kappa shape index (κ2) is 8.76. The van der Waals surface area contributed by atoms with E-state index in [1.54, 1.807) is 10.9 Å². The van der Waals surface area contributed by atoms with Crippen molar-refractivity contribution in [2.75, 3.05) is 13.1 Å². The Hall–Kier alpha value is -3.68. The number of carbonyl (C=O) groups excluding carboxylic acids is 1. The van der Waals surface area contributed by atoms with Crippen LogP contribution in [0.4, 0.5) is 0 Å². The largest absolute Gasteiger partial charge is 0.456 e. The van der Waals surface area contributed by atoms with Crippen molar-refractivity contribution in [1.82, 2.24) is 19.9 Å². The molecule has 182 valence electrons. The molecule has 0 saturated carbocycles. The fourth-order valence-corrected chi connectivity index (χ4v) is 5.16. The summed E-state index contributed by atoms with van der Waals surface area (Å²) in [6, 6.07) is 19.4. The molecule has 0 atom stereocenters. The lowest BCUT2D eigenvalue weighted by molar-refractivity contribution is -0.135. The third-order valence-corrected chi connectivity index (χ3v) is 7.61. The van der Waals surface area contributed by atoms with Crippen LogP contribution in [0, 0.1) is 6.92 Å². The molecule has 36 heavy (non-hydrogen) atoms. The molecule has 1 saturated heterocycles. The number of fused-ring (bicyclic) bond motifs is 3. The first-order valence-electron chi connectivity index (χ1n) is 12.0. The van der Waals surface area contributed by atoms with Gasteiger partial charge in [0.2, 0.25) is 5.91 Å². The first kappa shape index (κ1) is 22.8. The van der Waals surface area contributed by atoms with Crippen molar-refractivity contribution in [2.45, 2.75) is 31.8 Å². The van der Waals surface area contributed by atoms with Gasteiger partial charge in [-0.25, -0.2) is 4.68 Å². The highest BCUT2D eigenvalue weighted by molar-refractivity contribution is 6.31. The maximum atomic E-state index is 13.1. The van der Waals surface area contributed by atoms with Crippen molar-refractivity contribution in [3.8, 4) is 5.69 Å². The molecular formula is C28H25ClN4O3. The number of hydrogen-bond acceptors (Lipinski definition) is 5. The Labute approximate surface area is 212 Å². The summed E-state index contributed by atoms with van der Waals surface area (Å²) in [5.41, 5.74) is 3.69. The van der Waals surface area contributed by atoms with E-state index >= 15 is 0 Å². The summed E-state index contributed by atoms with van der Waals surface area (Å²) < 4.78 is 7.53. The van der Waals surface area contributed by atoms with Crippen LogP contribution in [0.3, 0.4) is 0 Å². The maximum Gasteiger partial charge on any atom is 0.226 e. The summed E-state index contributed by atoms with van der Waals surface area (Å²) in [6.45, 7) is 2.83. The van der Waals surface area contributed by atoms with Gasteiger partial charge < -0.3 is 14.4 Å². The molecule has 0 spiro atoms. The monoisotopic (exact) mass is 500 g/mol. The smallest absolute Gasteiger partial charge is 0.226 e. The standard InChI is InChI=1S/C28H25ClN4O3/c1-18-22(29)6-4-7-23(18)33-17-26(30-31-33)28(35)11-13-32(14-12-28)27(34)16-19-9-10-25-21(15-19)20-5-2-3-8-24(20)36-25/h2-10,15,17,35H,11-14,16H2,1H3. The van der Waals surface area contributed by atoms with Crippen LogP contribution in [0.5, 0.6) is 0 Å². The van der Waals surface area contributed by atoms with Crippen molar-refractivity contribution >= 4 is 39.4 Å². The van der Waals surface area contributed by atoms with E-state index in [1.807, 2.05) is 72.5 Å². The van der Waals surface area contributed by atoms with Gasteiger partial charge in [-0.2, -0.15) is 0 Å². The van der Waals surface area contributed by atoms with Gasteiger partial charge in [-0.05, 0) is 61.2 Å². The van der Waals surface area contributed by atoms with Crippen LogP contribution in [0.25, 0.3) is 27.6 Å². The highest BCUT2D eigenvalue weighted by atomic mass is 35.5. The fourth-order valence-electron chi connectivity index (χ4n) is 4.99. The summed E-state index contributed by atoms with van der Waals surface area (Å²) >= 11 is 6.25. The normalized spacial score (nSPS) is 15.6. The zero-order valence-corrected chi connectivity index (χ0v) is 20.6. The molecule has 1 N–H and O–H groups in total. The van der Waals surface area contributed by atoms with Crippen LogP contribution in [-0.4, -0.2) is 44.0 Å². The van der Waals surface area contributed by atoms with E-state index in [4.69, 9.17) is 16.0 Å². The Morgan fingerprint density at radius 1 is 1.06 bits per heavy atom. The van der Waals surface area contributed by atoms with Crippen molar-refractivity contribution < 1.29 is 14.3 Å². The minimum atomic E-state index is -1.13. The lowest BCUT2D eigenvalue weighted by atomic mass is 9.88. The summed E-state index contributed by atoms with van der Waals surface area (Å²) in [5, 5.41) is 22.5. The molecule has 0 bridgehead atoms. The molecule has 1 aliphatic heterocycles. The lowest BCUT2D eigenvalue weighted by Gasteiger charge is -2.37. The zero-order chi connectivity index (χ0) is 24.9. The average Bonchev–Trinajstić information content (AvgIpc) is 3.52. The second-order valence-corrected chi connectivity index (χ2v) is 9.86. The molecule has 5 aromatic rings. The van der Waals surface area contributed by atoms with Gasteiger partial charge in [0.25, 0.3) is 0 Å². The highest BCUT2D eigenvalue weighted by Crippen LogP contribution is 2.33. The van der Waals surface area contributed by atoms with Crippen LogP contribution < -0.4 is 0 Å². The molecule has 1 aliphatic rings. The summed E-state index contributed by atoms with van der Waals surface area (Å²) in [6.07, 6.45) is 2.85. The van der Waals surface area contributed by atoms with Gasteiger partial charge in [-0.3, -0.25) is 4.79 Å². The van der Waals surface area contributed by atoms with E-state index in [9.17, 15) is 9.90 Å². The number of halogens is 1. The Bertz CT molecular complexity index is 1600. The number of para-hydroxylation sites is 1. The van der Waals surface area contributed by atoms with Crippen LogP contribution in [0.15, 0.2) is 71.3 Å². The van der Waals surface area contributed by atoms with Gasteiger partial charge in [0.05, 0.1) is 18.3 Å². The molecule has 1 fully saturated rings. The van der Waals surface area contributed by atoms with Crippen LogP contribution in [-0.2, 0) is 16.8 Å². The number of carbonyl (C=O) groups is 1. The van der Waals surface area contributed by atoms with E-state index < -0.39 is 5.60 Å². The number of hydrogen-bond donors (Lipinski definition) is 1. The molecule has 1 amide bonds. The minimum Gasteiger partial charge on any atom is -0.456 e. The van der Waals surface area contributed by atoms with Crippen LogP contribution in [0.1, 0.15) is 29.7 Å². The first-order chi connectivity index (χ1) is 17.4. The molecule has 0 radical (unpaired) electrons. The molecule has 8 heteroatoms. The van der Waals surface area contributed by atoms with Gasteiger partial charge in [-0.1, -0.05) is 47.1 Å². The van der Waals surface area contributed by atoms with Gasteiger partial charge in [0.1, 0.15) is 22.5 Å². The van der Waals surface area contributed by atoms with Gasteiger partial charge >= 0.3 is 0 Å². The van der Waals surface area contributed by atoms with E-state index in [-0.39, 0.29) is 5.91 Å². The van der Waals surface area contributed by atoms with E-state index in [0.29, 0.717) is 43.1 Å². The fraction of sp³-hybridized carbons (Fsp3) is 0.250. The molecule has 3 heterocycles.